The van der Waals surface area contributed by atoms with Crippen LogP contribution >= 0.6 is 0 Å². The van der Waals surface area contributed by atoms with Crippen LogP contribution in [0.5, 0.6) is 5.75 Å². The van der Waals surface area contributed by atoms with Crippen LogP contribution in [0.4, 0.5) is 5.69 Å². The lowest BCUT2D eigenvalue weighted by Crippen LogP contribution is -2.49. The summed E-state index contributed by atoms with van der Waals surface area (Å²) in [6.45, 7) is 6.93. The van der Waals surface area contributed by atoms with Gasteiger partial charge in [-0.05, 0) is 38.1 Å². The Labute approximate surface area is 163 Å². The molecule has 0 bridgehead atoms. The van der Waals surface area contributed by atoms with Crippen molar-refractivity contribution in [3.05, 3.63) is 47.5 Å². The van der Waals surface area contributed by atoms with Gasteiger partial charge in [0, 0.05) is 48.8 Å². The van der Waals surface area contributed by atoms with Crippen molar-refractivity contribution in [1.82, 2.24) is 24.5 Å². The Hall–Kier alpha value is -3.16. The highest BCUT2D eigenvalue weighted by Crippen LogP contribution is 2.21. The zero-order chi connectivity index (χ0) is 19.7. The average Bonchev–Trinajstić information content (AvgIpc) is 3.19. The van der Waals surface area contributed by atoms with E-state index >= 15 is 0 Å². The quantitative estimate of drug-likeness (QED) is 0.685. The number of anilines is 1. The number of amides is 1. The molecule has 0 saturated carbocycles. The predicted molar refractivity (Wildman–Crippen MR) is 106 cm³/mol. The Morgan fingerprint density at radius 3 is 2.50 bits per heavy atom. The van der Waals surface area contributed by atoms with Crippen molar-refractivity contribution in [2.75, 3.05) is 38.2 Å². The van der Waals surface area contributed by atoms with Crippen molar-refractivity contribution in [3.63, 3.8) is 0 Å². The molecule has 0 radical (unpaired) electrons. The van der Waals surface area contributed by atoms with Crippen molar-refractivity contribution >= 4 is 17.4 Å². The van der Waals surface area contributed by atoms with Gasteiger partial charge in [-0.2, -0.15) is 10.1 Å². The van der Waals surface area contributed by atoms with E-state index in [0.29, 0.717) is 25.3 Å². The number of aromatic nitrogens is 4. The van der Waals surface area contributed by atoms with Gasteiger partial charge in [0.05, 0.1) is 13.5 Å². The Kier molecular flexibility index (Phi) is 4.85. The maximum Gasteiger partial charge on any atom is 0.252 e. The van der Waals surface area contributed by atoms with E-state index in [-0.39, 0.29) is 5.91 Å². The summed E-state index contributed by atoms with van der Waals surface area (Å²) >= 11 is 0. The van der Waals surface area contributed by atoms with Gasteiger partial charge < -0.3 is 14.5 Å². The van der Waals surface area contributed by atoms with E-state index in [9.17, 15) is 4.79 Å². The Balaban J connectivity index is 1.41. The van der Waals surface area contributed by atoms with Crippen LogP contribution in [-0.4, -0.2) is 63.7 Å². The molecule has 0 unspecified atom stereocenters. The second kappa shape index (κ2) is 7.46. The molecule has 8 nitrogen and oxygen atoms in total. The first-order valence-corrected chi connectivity index (χ1v) is 9.39. The van der Waals surface area contributed by atoms with Crippen LogP contribution in [0, 0.1) is 13.8 Å². The smallest absolute Gasteiger partial charge is 0.252 e. The first-order chi connectivity index (χ1) is 13.6. The first-order valence-electron chi connectivity index (χ1n) is 9.39. The molecule has 1 aliphatic heterocycles. The summed E-state index contributed by atoms with van der Waals surface area (Å²) in [6.07, 6.45) is 1.82. The van der Waals surface area contributed by atoms with Crippen LogP contribution in [0.3, 0.4) is 0 Å². The molecule has 0 spiro atoms. The lowest BCUT2D eigenvalue weighted by molar-refractivity contribution is -0.130. The normalized spacial score (nSPS) is 14.5. The van der Waals surface area contributed by atoms with Crippen molar-refractivity contribution in [2.24, 2.45) is 0 Å². The van der Waals surface area contributed by atoms with Crippen LogP contribution in [0.15, 0.2) is 30.6 Å². The molecule has 0 aliphatic carbocycles. The number of ether oxygens (including phenoxy) is 1. The minimum absolute atomic E-state index is 0.127. The monoisotopic (exact) mass is 380 g/mol. The van der Waals surface area contributed by atoms with Gasteiger partial charge in [-0.3, -0.25) is 4.79 Å². The van der Waals surface area contributed by atoms with Gasteiger partial charge in [0.15, 0.2) is 0 Å². The highest BCUT2D eigenvalue weighted by atomic mass is 16.5. The van der Waals surface area contributed by atoms with Crippen LogP contribution in [-0.2, 0) is 11.2 Å². The Bertz CT molecular complexity index is 990. The number of nitrogens with zero attached hydrogens (tertiary/aromatic N) is 6. The molecule has 3 heterocycles. The molecule has 28 heavy (non-hydrogen) atoms. The molecular formula is C20H24N6O2. The topological polar surface area (TPSA) is 75.9 Å². The van der Waals surface area contributed by atoms with Crippen LogP contribution < -0.4 is 9.64 Å². The molecule has 0 atom stereocenters. The summed E-state index contributed by atoms with van der Waals surface area (Å²) in [5.41, 5.74) is 3.84. The van der Waals surface area contributed by atoms with E-state index in [2.05, 4.69) is 32.1 Å². The fraction of sp³-hybridized carbons (Fsp3) is 0.400. The summed E-state index contributed by atoms with van der Waals surface area (Å²) in [6, 6.07) is 8.04. The average molecular weight is 380 g/mol. The molecule has 2 aromatic heterocycles. The third-order valence-corrected chi connectivity index (χ3v) is 5.39. The number of rotatable bonds is 4. The summed E-state index contributed by atoms with van der Waals surface area (Å²) in [5.74, 6) is 1.54. The van der Waals surface area contributed by atoms with Crippen LogP contribution in [0.2, 0.25) is 0 Å². The van der Waals surface area contributed by atoms with E-state index in [4.69, 9.17) is 4.74 Å². The molecule has 0 N–H and O–H groups in total. The minimum atomic E-state index is 0.127. The number of carbonyl (C=O) groups excluding carboxylic acids is 1. The van der Waals surface area contributed by atoms with E-state index in [1.807, 2.05) is 30.9 Å². The van der Waals surface area contributed by atoms with Gasteiger partial charge in [0.2, 0.25) is 5.91 Å². The third kappa shape index (κ3) is 3.37. The third-order valence-electron chi connectivity index (χ3n) is 5.39. The molecule has 3 aromatic rings. The van der Waals surface area contributed by atoms with Crippen molar-refractivity contribution in [2.45, 2.75) is 20.3 Å². The lowest BCUT2D eigenvalue weighted by atomic mass is 10.1. The second-order valence-electron chi connectivity index (χ2n) is 6.98. The van der Waals surface area contributed by atoms with Crippen LogP contribution in [0.1, 0.15) is 17.0 Å². The molecular weight excluding hydrogens is 356 g/mol. The molecule has 4 rings (SSSR count). The number of hydrogen-bond donors (Lipinski definition) is 0. The number of benzene rings is 1. The standard InChI is InChI=1S/C20H24N6O2/c1-14-18(15(2)26-20(23-14)21-13-22-26)12-19(27)25-10-8-24(9-11-25)16-4-6-17(28-3)7-5-16/h4-7,13H,8-12H2,1-3H3. The molecule has 8 heteroatoms. The number of piperazine rings is 1. The SMILES string of the molecule is COc1ccc(N2CCN(C(=O)Cc3c(C)nc4ncnn4c3C)CC2)cc1. The van der Waals surface area contributed by atoms with Crippen molar-refractivity contribution < 1.29 is 9.53 Å². The van der Waals surface area contributed by atoms with Crippen molar-refractivity contribution in [3.8, 4) is 5.75 Å². The number of carbonyl (C=O) groups is 1. The second-order valence-corrected chi connectivity index (χ2v) is 6.98. The highest BCUT2D eigenvalue weighted by molar-refractivity contribution is 5.79. The van der Waals surface area contributed by atoms with E-state index in [0.717, 1.165) is 41.5 Å². The van der Waals surface area contributed by atoms with Crippen LogP contribution in [0.25, 0.3) is 5.78 Å². The van der Waals surface area contributed by atoms with Gasteiger partial charge in [0.1, 0.15) is 12.1 Å². The van der Waals surface area contributed by atoms with Gasteiger partial charge in [0.25, 0.3) is 5.78 Å². The van der Waals surface area contributed by atoms with Crippen molar-refractivity contribution in [1.29, 1.82) is 0 Å². The maximum absolute atomic E-state index is 12.9. The largest absolute Gasteiger partial charge is 0.497 e. The zero-order valence-corrected chi connectivity index (χ0v) is 16.4. The molecule has 1 aliphatic rings. The first kappa shape index (κ1) is 18.2. The minimum Gasteiger partial charge on any atom is -0.497 e. The molecule has 146 valence electrons. The lowest BCUT2D eigenvalue weighted by Gasteiger charge is -2.36. The van der Waals surface area contributed by atoms with E-state index in [1.54, 1.807) is 11.6 Å². The van der Waals surface area contributed by atoms with E-state index < -0.39 is 0 Å². The fourth-order valence-corrected chi connectivity index (χ4v) is 3.68. The molecule has 1 aromatic carbocycles. The van der Waals surface area contributed by atoms with Gasteiger partial charge >= 0.3 is 0 Å². The number of methoxy groups -OCH3 is 1. The number of aryl methyl sites for hydroxylation is 2. The molecule has 1 fully saturated rings. The van der Waals surface area contributed by atoms with Gasteiger partial charge in [-0.1, -0.05) is 0 Å². The van der Waals surface area contributed by atoms with Gasteiger partial charge in [-0.15, -0.1) is 0 Å². The Morgan fingerprint density at radius 2 is 1.82 bits per heavy atom. The summed E-state index contributed by atoms with van der Waals surface area (Å²) in [5, 5.41) is 4.20. The van der Waals surface area contributed by atoms with E-state index in [1.165, 1.54) is 6.33 Å². The Morgan fingerprint density at radius 1 is 1.11 bits per heavy atom. The summed E-state index contributed by atoms with van der Waals surface area (Å²) in [7, 11) is 1.67. The highest BCUT2D eigenvalue weighted by Gasteiger charge is 2.23. The number of fused-ring (bicyclic) bond motifs is 1. The zero-order valence-electron chi connectivity index (χ0n) is 16.4. The molecule has 1 amide bonds. The predicted octanol–water partition coefficient (Wildman–Crippen LogP) is 1.64. The summed E-state index contributed by atoms with van der Waals surface area (Å²) in [4.78, 5) is 25.7. The fourth-order valence-electron chi connectivity index (χ4n) is 3.68. The van der Waals surface area contributed by atoms with Gasteiger partial charge in [-0.25, -0.2) is 9.50 Å². The molecule has 1 saturated heterocycles. The number of hydrogen-bond acceptors (Lipinski definition) is 6. The summed E-state index contributed by atoms with van der Waals surface area (Å²) < 4.78 is 6.91. The maximum atomic E-state index is 12.9.